The van der Waals surface area contributed by atoms with E-state index in [1.807, 2.05) is 37.3 Å². The number of rotatable bonds is 5. The molecule has 0 radical (unpaired) electrons. The van der Waals surface area contributed by atoms with Gasteiger partial charge in [-0.05, 0) is 98.2 Å². The molecule has 1 amide bonds. The Morgan fingerprint density at radius 1 is 1.00 bits per heavy atom. The van der Waals surface area contributed by atoms with Gasteiger partial charge < -0.3 is 9.64 Å². The van der Waals surface area contributed by atoms with Crippen molar-refractivity contribution in [1.82, 2.24) is 4.90 Å². The summed E-state index contributed by atoms with van der Waals surface area (Å²) >= 11 is 0. The minimum absolute atomic E-state index is 0.00579. The Balaban J connectivity index is 1.43. The van der Waals surface area contributed by atoms with Crippen molar-refractivity contribution in [3.05, 3.63) is 89.2 Å². The van der Waals surface area contributed by atoms with Crippen molar-refractivity contribution < 1.29 is 30.8 Å². The van der Waals surface area contributed by atoms with E-state index in [9.17, 15) is 26.0 Å². The van der Waals surface area contributed by atoms with E-state index in [1.165, 1.54) is 12.1 Å². The molecule has 2 heterocycles. The Labute approximate surface area is 246 Å². The van der Waals surface area contributed by atoms with E-state index in [1.54, 1.807) is 24.0 Å². The van der Waals surface area contributed by atoms with Crippen molar-refractivity contribution in [2.75, 3.05) is 18.1 Å². The van der Waals surface area contributed by atoms with Crippen LogP contribution in [0.25, 0.3) is 0 Å². The molecule has 2 atom stereocenters. The summed E-state index contributed by atoms with van der Waals surface area (Å²) in [4.78, 5) is 15.8. The highest BCUT2D eigenvalue weighted by Crippen LogP contribution is 2.54. The van der Waals surface area contributed by atoms with Gasteiger partial charge in [-0.3, -0.25) is 4.79 Å². The van der Waals surface area contributed by atoms with Gasteiger partial charge in [0.2, 0.25) is 5.91 Å². The Kier molecular flexibility index (Phi) is 7.00. The molecule has 2 saturated heterocycles. The topological polar surface area (TPSA) is 97.8 Å². The SMILES string of the molecule is Cc1ccccc1Oc1ccc2c(c1)CC[C@H]1N(C(=O)C3(C)CCS(=O)(=O)CC3)CC[C@@]21S(=O)(=O)c1ccc(F)cc1. The predicted octanol–water partition coefficient (Wildman–Crippen LogP) is 5.36. The molecule has 7 nitrogen and oxygen atoms in total. The first kappa shape index (κ1) is 28.9. The maximum Gasteiger partial charge on any atom is 0.228 e. The van der Waals surface area contributed by atoms with Crippen LogP contribution in [0.1, 0.15) is 49.3 Å². The highest BCUT2D eigenvalue weighted by atomic mass is 32.2. The number of carbonyl (C=O) groups is 1. The number of amides is 1. The van der Waals surface area contributed by atoms with E-state index in [0.717, 1.165) is 23.3 Å². The summed E-state index contributed by atoms with van der Waals surface area (Å²) in [5, 5.41) is 0. The summed E-state index contributed by atoms with van der Waals surface area (Å²) in [6.45, 7) is 3.98. The largest absolute Gasteiger partial charge is 0.457 e. The Bertz CT molecular complexity index is 1760. The summed E-state index contributed by atoms with van der Waals surface area (Å²) in [6, 6.07) is 17.3. The Morgan fingerprint density at radius 3 is 2.38 bits per heavy atom. The smallest absolute Gasteiger partial charge is 0.228 e. The monoisotopic (exact) mass is 611 g/mol. The average Bonchev–Trinajstić information content (AvgIpc) is 3.37. The molecule has 10 heteroatoms. The lowest BCUT2D eigenvalue weighted by Crippen LogP contribution is -2.55. The molecule has 222 valence electrons. The van der Waals surface area contributed by atoms with Crippen molar-refractivity contribution in [1.29, 1.82) is 0 Å². The molecule has 0 spiro atoms. The van der Waals surface area contributed by atoms with E-state index in [-0.39, 0.29) is 48.1 Å². The highest BCUT2D eigenvalue weighted by Gasteiger charge is 2.62. The van der Waals surface area contributed by atoms with Crippen LogP contribution >= 0.6 is 0 Å². The molecule has 2 aliphatic heterocycles. The maximum absolute atomic E-state index is 14.6. The maximum atomic E-state index is 14.6. The molecule has 3 aromatic rings. The lowest BCUT2D eigenvalue weighted by Gasteiger charge is -2.44. The summed E-state index contributed by atoms with van der Waals surface area (Å²) < 4.78 is 72.1. The van der Waals surface area contributed by atoms with Crippen LogP contribution in [0.2, 0.25) is 0 Å². The Hall–Kier alpha value is -3.24. The summed E-state index contributed by atoms with van der Waals surface area (Å²) in [7, 11) is -7.29. The minimum atomic E-state index is -4.10. The second-order valence-electron chi connectivity index (χ2n) is 12.0. The number of hydrogen-bond acceptors (Lipinski definition) is 6. The van der Waals surface area contributed by atoms with Crippen LogP contribution in [0, 0.1) is 18.2 Å². The normalized spacial score (nSPS) is 24.5. The van der Waals surface area contributed by atoms with Gasteiger partial charge in [-0.25, -0.2) is 21.2 Å². The standard InChI is InChI=1S/C32H34FNO6S2/c1-22-5-3-4-6-28(22)40-25-10-13-27-23(21-25)7-14-29-32(27,42(38,39)26-11-8-24(33)9-12-26)15-18-34(29)30(35)31(2)16-19-41(36,37)20-17-31/h3-6,8-13,21,29H,7,14-20H2,1-2H3/t29-,32-/m1/s1. The summed E-state index contributed by atoms with van der Waals surface area (Å²) in [5.74, 6) is 0.464. The molecular weight excluding hydrogens is 577 g/mol. The number of fused-ring (bicyclic) bond motifs is 3. The van der Waals surface area contributed by atoms with Gasteiger partial charge in [-0.15, -0.1) is 0 Å². The van der Waals surface area contributed by atoms with Gasteiger partial charge in [0, 0.05) is 12.0 Å². The predicted molar refractivity (Wildman–Crippen MR) is 157 cm³/mol. The van der Waals surface area contributed by atoms with Gasteiger partial charge in [0.05, 0.1) is 22.4 Å². The third kappa shape index (κ3) is 4.63. The molecule has 0 unspecified atom stereocenters. The summed E-state index contributed by atoms with van der Waals surface area (Å²) in [5.41, 5.74) is 1.56. The van der Waals surface area contributed by atoms with Crippen LogP contribution in [0.15, 0.2) is 71.6 Å². The van der Waals surface area contributed by atoms with Crippen molar-refractivity contribution in [3.63, 3.8) is 0 Å². The fraction of sp³-hybridized carbons (Fsp3) is 0.406. The zero-order chi connectivity index (χ0) is 29.9. The van der Waals surface area contributed by atoms with Gasteiger partial charge in [-0.2, -0.15) is 0 Å². The Morgan fingerprint density at radius 2 is 1.69 bits per heavy atom. The van der Waals surface area contributed by atoms with Crippen LogP contribution < -0.4 is 4.74 Å². The molecule has 0 bridgehead atoms. The molecule has 3 aromatic carbocycles. The molecule has 0 N–H and O–H groups in total. The van der Waals surface area contributed by atoms with Crippen molar-refractivity contribution in [3.8, 4) is 11.5 Å². The van der Waals surface area contributed by atoms with Crippen LogP contribution in [0.3, 0.4) is 0 Å². The first-order valence-electron chi connectivity index (χ1n) is 14.2. The first-order valence-corrected chi connectivity index (χ1v) is 17.6. The second kappa shape index (κ2) is 10.2. The van der Waals surface area contributed by atoms with Crippen LogP contribution in [-0.4, -0.2) is 51.7 Å². The van der Waals surface area contributed by atoms with E-state index in [4.69, 9.17) is 4.74 Å². The minimum Gasteiger partial charge on any atom is -0.457 e. The number of para-hydroxylation sites is 1. The van der Waals surface area contributed by atoms with Gasteiger partial charge >= 0.3 is 0 Å². The second-order valence-corrected chi connectivity index (χ2v) is 16.6. The number of likely N-dealkylation sites (tertiary alicyclic amines) is 1. The number of aryl methyl sites for hydroxylation is 2. The number of hydrogen-bond donors (Lipinski definition) is 0. The fourth-order valence-corrected chi connectivity index (χ4v) is 11.1. The van der Waals surface area contributed by atoms with Gasteiger partial charge in [0.15, 0.2) is 9.84 Å². The number of halogens is 1. The van der Waals surface area contributed by atoms with E-state index >= 15 is 0 Å². The number of benzene rings is 3. The van der Waals surface area contributed by atoms with E-state index in [2.05, 4.69) is 0 Å². The third-order valence-corrected chi connectivity index (χ3v) is 13.7. The molecule has 3 aliphatic rings. The van der Waals surface area contributed by atoms with Crippen molar-refractivity contribution in [2.45, 2.75) is 61.6 Å². The summed E-state index contributed by atoms with van der Waals surface area (Å²) in [6.07, 6.45) is 1.57. The van der Waals surface area contributed by atoms with E-state index in [0.29, 0.717) is 29.9 Å². The van der Waals surface area contributed by atoms with Crippen molar-refractivity contribution >= 4 is 25.6 Å². The number of carbonyl (C=O) groups excluding carboxylic acids is 1. The van der Waals surface area contributed by atoms with Gasteiger partial charge in [0.1, 0.15) is 31.9 Å². The fourth-order valence-electron chi connectivity index (χ4n) is 6.98. The number of sulfone groups is 2. The number of nitrogens with zero attached hydrogens (tertiary/aromatic N) is 1. The van der Waals surface area contributed by atoms with Crippen molar-refractivity contribution in [2.24, 2.45) is 5.41 Å². The highest BCUT2D eigenvalue weighted by molar-refractivity contribution is 7.92. The lowest BCUT2D eigenvalue weighted by molar-refractivity contribution is -0.143. The molecule has 0 saturated carbocycles. The quantitative estimate of drug-likeness (QED) is 0.361. The molecule has 6 rings (SSSR count). The van der Waals surface area contributed by atoms with Crippen LogP contribution in [-0.2, 0) is 35.6 Å². The molecule has 2 fully saturated rings. The molecular formula is C32H34FNO6S2. The zero-order valence-corrected chi connectivity index (χ0v) is 25.3. The first-order chi connectivity index (χ1) is 19.9. The lowest BCUT2D eigenvalue weighted by atomic mass is 9.77. The molecule has 42 heavy (non-hydrogen) atoms. The molecule has 0 aromatic heterocycles. The van der Waals surface area contributed by atoms with Gasteiger partial charge in [-0.1, -0.05) is 31.2 Å². The van der Waals surface area contributed by atoms with Crippen LogP contribution in [0.5, 0.6) is 11.5 Å². The molecule has 1 aliphatic carbocycles. The van der Waals surface area contributed by atoms with E-state index < -0.39 is 41.7 Å². The number of ether oxygens (including phenoxy) is 1. The van der Waals surface area contributed by atoms with Crippen LogP contribution in [0.4, 0.5) is 4.39 Å². The van der Waals surface area contributed by atoms with Gasteiger partial charge in [0.25, 0.3) is 0 Å². The zero-order valence-electron chi connectivity index (χ0n) is 23.7. The third-order valence-electron chi connectivity index (χ3n) is 9.49. The average molecular weight is 612 g/mol.